The van der Waals surface area contributed by atoms with Gasteiger partial charge in [-0.2, -0.15) is 5.10 Å². The van der Waals surface area contributed by atoms with Crippen LogP contribution in [-0.4, -0.2) is 29.9 Å². The molecule has 2 aromatic rings. The number of Topliss-reactive ketones (excluding diaryl/α,β-unsaturated/α-hetero) is 2. The molecule has 0 saturated carbocycles. The molecule has 0 aliphatic heterocycles. The first-order valence-electron chi connectivity index (χ1n) is 7.74. The third-order valence-corrected chi connectivity index (χ3v) is 3.28. The van der Waals surface area contributed by atoms with Crippen LogP contribution in [0.3, 0.4) is 0 Å². The summed E-state index contributed by atoms with van der Waals surface area (Å²) in [4.78, 5) is 36.7. The Bertz CT molecular complexity index is 796. The molecule has 0 aliphatic carbocycles. The van der Waals surface area contributed by atoms with E-state index in [1.165, 1.54) is 0 Å². The van der Waals surface area contributed by atoms with Gasteiger partial charge in [0.15, 0.2) is 5.71 Å². The van der Waals surface area contributed by atoms with Crippen LogP contribution >= 0.6 is 0 Å². The van der Waals surface area contributed by atoms with Gasteiger partial charge < -0.3 is 4.74 Å². The van der Waals surface area contributed by atoms with Crippen molar-refractivity contribution in [3.63, 3.8) is 0 Å². The molecule has 25 heavy (non-hydrogen) atoms. The number of rotatable bonds is 7. The molecular formula is C19H18N2O4. The molecule has 0 saturated heterocycles. The minimum Gasteiger partial charge on any atom is -0.460 e. The largest absolute Gasteiger partial charge is 0.460 e. The van der Waals surface area contributed by atoms with Gasteiger partial charge in [-0.25, -0.2) is 4.79 Å². The number of aryl methyl sites for hydroxylation is 1. The third kappa shape index (κ3) is 4.84. The second-order valence-electron chi connectivity index (χ2n) is 5.18. The summed E-state index contributed by atoms with van der Waals surface area (Å²) in [6.07, 6.45) is 0. The second kappa shape index (κ2) is 8.54. The average molecular weight is 338 g/mol. The predicted molar refractivity (Wildman–Crippen MR) is 94.6 cm³/mol. The molecule has 1 N–H and O–H groups in total. The Morgan fingerprint density at radius 1 is 1.00 bits per heavy atom. The molecule has 0 unspecified atom stereocenters. The zero-order valence-electron chi connectivity index (χ0n) is 14.0. The van der Waals surface area contributed by atoms with Gasteiger partial charge in [-0.3, -0.25) is 15.0 Å². The zero-order valence-corrected chi connectivity index (χ0v) is 14.0. The fourth-order valence-corrected chi connectivity index (χ4v) is 1.97. The van der Waals surface area contributed by atoms with Gasteiger partial charge in [0, 0.05) is 5.56 Å². The van der Waals surface area contributed by atoms with Crippen LogP contribution in [0.5, 0.6) is 0 Å². The molecule has 0 aliphatic rings. The Morgan fingerprint density at radius 2 is 1.64 bits per heavy atom. The number of carbonyl (C=O) groups excluding carboxylic acids is 3. The van der Waals surface area contributed by atoms with Crippen LogP contribution < -0.4 is 5.43 Å². The summed E-state index contributed by atoms with van der Waals surface area (Å²) in [6.45, 7) is 3.48. The Balaban J connectivity index is 2.33. The number of hydrogen-bond acceptors (Lipinski definition) is 6. The predicted octanol–water partition coefficient (Wildman–Crippen LogP) is 2.78. The van der Waals surface area contributed by atoms with E-state index in [1.54, 1.807) is 55.5 Å². The molecule has 6 heteroatoms. The highest BCUT2D eigenvalue weighted by atomic mass is 16.5. The normalized spacial score (nSPS) is 10.9. The van der Waals surface area contributed by atoms with Crippen LogP contribution in [0, 0.1) is 6.92 Å². The fraction of sp³-hybridized carbons (Fsp3) is 0.158. The highest BCUT2D eigenvalue weighted by Gasteiger charge is 2.29. The number of ketones is 2. The van der Waals surface area contributed by atoms with E-state index >= 15 is 0 Å². The van der Waals surface area contributed by atoms with Gasteiger partial charge in [0.1, 0.15) is 0 Å². The molecule has 0 spiro atoms. The number of hydrazone groups is 1. The van der Waals surface area contributed by atoms with Crippen molar-refractivity contribution in [1.29, 1.82) is 0 Å². The monoisotopic (exact) mass is 338 g/mol. The molecule has 128 valence electrons. The van der Waals surface area contributed by atoms with Crippen LogP contribution in [-0.2, 0) is 14.3 Å². The molecule has 0 amide bonds. The summed E-state index contributed by atoms with van der Waals surface area (Å²) in [5, 5.41) is 3.86. The van der Waals surface area contributed by atoms with E-state index < -0.39 is 23.2 Å². The number of esters is 1. The van der Waals surface area contributed by atoms with Gasteiger partial charge in [-0.15, -0.1) is 0 Å². The van der Waals surface area contributed by atoms with Crippen LogP contribution in [0.4, 0.5) is 5.69 Å². The van der Waals surface area contributed by atoms with Crippen molar-refractivity contribution in [3.8, 4) is 0 Å². The molecule has 0 bridgehead atoms. The van der Waals surface area contributed by atoms with Gasteiger partial charge in [-0.05, 0) is 26.0 Å². The number of nitrogens with zero attached hydrogens (tertiary/aromatic N) is 1. The lowest BCUT2D eigenvalue weighted by Gasteiger charge is -2.07. The molecule has 2 aromatic carbocycles. The van der Waals surface area contributed by atoms with Gasteiger partial charge in [-0.1, -0.05) is 48.0 Å². The summed E-state index contributed by atoms with van der Waals surface area (Å²) in [6, 6.07) is 15.4. The minimum absolute atomic E-state index is 0.0304. The number of para-hydroxylation sites is 1. The summed E-state index contributed by atoms with van der Waals surface area (Å²) in [5.74, 6) is -2.85. The van der Waals surface area contributed by atoms with Crippen LogP contribution in [0.25, 0.3) is 0 Å². The Hall–Kier alpha value is -3.28. The maximum absolute atomic E-state index is 12.6. The third-order valence-electron chi connectivity index (χ3n) is 3.28. The van der Waals surface area contributed by atoms with Crippen molar-refractivity contribution in [3.05, 3.63) is 65.7 Å². The molecule has 0 atom stereocenters. The van der Waals surface area contributed by atoms with Crippen molar-refractivity contribution >= 4 is 28.9 Å². The van der Waals surface area contributed by atoms with Crippen molar-refractivity contribution in [2.75, 3.05) is 12.0 Å². The highest BCUT2D eigenvalue weighted by Crippen LogP contribution is 2.09. The van der Waals surface area contributed by atoms with E-state index in [0.29, 0.717) is 5.69 Å². The van der Waals surface area contributed by atoms with Crippen LogP contribution in [0.1, 0.15) is 22.8 Å². The SMILES string of the molecule is CCOC(=O)C(=O)/C(=N/Nc1ccccc1)C(=O)c1ccc(C)cc1. The number of ether oxygens (including phenoxy) is 1. The van der Waals surface area contributed by atoms with Crippen LogP contribution in [0.2, 0.25) is 0 Å². The Morgan fingerprint density at radius 3 is 2.24 bits per heavy atom. The smallest absolute Gasteiger partial charge is 0.381 e. The van der Waals surface area contributed by atoms with Crippen molar-refractivity contribution < 1.29 is 19.1 Å². The van der Waals surface area contributed by atoms with Crippen molar-refractivity contribution in [1.82, 2.24) is 0 Å². The first kappa shape index (κ1) is 18.1. The molecule has 0 radical (unpaired) electrons. The first-order chi connectivity index (χ1) is 12.0. The number of carbonyl (C=O) groups is 3. The number of hydrogen-bond donors (Lipinski definition) is 1. The Kier molecular flexibility index (Phi) is 6.17. The van der Waals surface area contributed by atoms with E-state index in [0.717, 1.165) is 5.56 Å². The van der Waals surface area contributed by atoms with Crippen molar-refractivity contribution in [2.45, 2.75) is 13.8 Å². The lowest BCUT2D eigenvalue weighted by molar-refractivity contribution is -0.150. The second-order valence-corrected chi connectivity index (χ2v) is 5.18. The van der Waals surface area contributed by atoms with E-state index in [4.69, 9.17) is 4.74 Å². The molecule has 0 aromatic heterocycles. The number of anilines is 1. The van der Waals surface area contributed by atoms with Gasteiger partial charge in [0.2, 0.25) is 5.78 Å². The van der Waals surface area contributed by atoms with E-state index in [1.807, 2.05) is 13.0 Å². The maximum atomic E-state index is 12.6. The highest BCUT2D eigenvalue weighted by molar-refractivity contribution is 6.80. The standard InChI is InChI=1S/C19H18N2O4/c1-3-25-19(24)18(23)16(21-20-15-7-5-4-6-8-15)17(22)14-11-9-13(2)10-12-14/h4-12,20H,3H2,1-2H3/b21-16+. The summed E-state index contributed by atoms with van der Waals surface area (Å²) >= 11 is 0. The zero-order chi connectivity index (χ0) is 18.2. The molecule has 6 nitrogen and oxygen atoms in total. The molecule has 2 rings (SSSR count). The molecular weight excluding hydrogens is 320 g/mol. The van der Waals surface area contributed by atoms with E-state index in [-0.39, 0.29) is 12.2 Å². The van der Waals surface area contributed by atoms with Gasteiger partial charge in [0.25, 0.3) is 5.78 Å². The topological polar surface area (TPSA) is 84.8 Å². The van der Waals surface area contributed by atoms with Crippen LogP contribution in [0.15, 0.2) is 59.7 Å². The summed E-state index contributed by atoms with van der Waals surface area (Å²) in [7, 11) is 0. The fourth-order valence-electron chi connectivity index (χ4n) is 1.97. The van der Waals surface area contributed by atoms with E-state index in [2.05, 4.69) is 10.5 Å². The van der Waals surface area contributed by atoms with Gasteiger partial charge >= 0.3 is 5.97 Å². The first-order valence-corrected chi connectivity index (χ1v) is 7.74. The van der Waals surface area contributed by atoms with Gasteiger partial charge in [0.05, 0.1) is 12.3 Å². The van der Waals surface area contributed by atoms with E-state index in [9.17, 15) is 14.4 Å². The summed E-state index contributed by atoms with van der Waals surface area (Å²) in [5.41, 5.74) is 3.91. The quantitative estimate of drug-likeness (QED) is 0.210. The molecule has 0 fully saturated rings. The summed E-state index contributed by atoms with van der Waals surface area (Å²) < 4.78 is 4.69. The Labute approximate surface area is 145 Å². The average Bonchev–Trinajstić information content (AvgIpc) is 2.63. The molecule has 0 heterocycles. The minimum atomic E-state index is -1.11. The number of nitrogens with one attached hydrogen (secondary N) is 1. The number of benzene rings is 2. The lowest BCUT2D eigenvalue weighted by Crippen LogP contribution is -2.33. The lowest BCUT2D eigenvalue weighted by atomic mass is 10.0. The maximum Gasteiger partial charge on any atom is 0.381 e. The van der Waals surface area contributed by atoms with Crippen molar-refractivity contribution in [2.24, 2.45) is 5.10 Å².